The van der Waals surface area contributed by atoms with Crippen LogP contribution in [0.25, 0.3) is 0 Å². The van der Waals surface area contributed by atoms with Gasteiger partial charge in [-0.15, -0.1) is 0 Å². The van der Waals surface area contributed by atoms with E-state index in [1.807, 2.05) is 0 Å². The maximum atomic E-state index is 5.86. The Morgan fingerprint density at radius 3 is 1.38 bits per heavy atom. The van der Waals surface area contributed by atoms with Crippen molar-refractivity contribution in [3.63, 3.8) is 0 Å². The van der Waals surface area contributed by atoms with Gasteiger partial charge in [-0.3, -0.25) is 0 Å². The van der Waals surface area contributed by atoms with Gasteiger partial charge in [-0.25, -0.2) is 0 Å². The maximum absolute atomic E-state index is 5.86. The van der Waals surface area contributed by atoms with Crippen LogP contribution in [-0.2, 0) is 23.3 Å². The molecule has 0 saturated carbocycles. The number of hydrogen-bond donors (Lipinski definition) is 0. The number of unbranched alkanes of at least 4 members (excludes halogenated alkanes) is 11. The van der Waals surface area contributed by atoms with E-state index in [0.717, 1.165) is 0 Å². The Hall–Kier alpha value is 1.23. The standard InChI is InChI=1S/C14H29.ClH.Hg/c1-3-5-7-9-11-13-14-12-10-8-6-4-2;;/h1,3-14H2,2H3;1H;/q;;+1/p-1. The Labute approximate surface area is 119 Å². The molecule has 0 aliphatic rings. The van der Waals surface area contributed by atoms with Crippen LogP contribution in [0.15, 0.2) is 0 Å². The van der Waals surface area contributed by atoms with E-state index in [-0.39, 0.29) is 0 Å². The van der Waals surface area contributed by atoms with E-state index >= 15 is 0 Å². The summed E-state index contributed by atoms with van der Waals surface area (Å²) < 4.78 is 1.43. The molecule has 0 aromatic heterocycles. The van der Waals surface area contributed by atoms with Crippen LogP contribution in [0.2, 0.25) is 3.93 Å². The molecule has 0 aliphatic heterocycles. The second kappa shape index (κ2) is 16.2. The minimum absolute atomic E-state index is 0.782. The third kappa shape index (κ3) is 15.2. The van der Waals surface area contributed by atoms with Gasteiger partial charge in [0.1, 0.15) is 0 Å². The average Bonchev–Trinajstić information content (AvgIpc) is 2.31. The topological polar surface area (TPSA) is 0 Å². The van der Waals surface area contributed by atoms with Gasteiger partial charge in [0.05, 0.1) is 0 Å². The zero-order chi connectivity index (χ0) is 11.9. The molecule has 0 saturated heterocycles. The molecule has 0 fully saturated rings. The van der Waals surface area contributed by atoms with Crippen molar-refractivity contribution in [3.05, 3.63) is 0 Å². The van der Waals surface area contributed by atoms with Crippen LogP contribution in [-0.4, -0.2) is 0 Å². The van der Waals surface area contributed by atoms with Crippen LogP contribution in [0.4, 0.5) is 0 Å². The van der Waals surface area contributed by atoms with Crippen LogP contribution < -0.4 is 0 Å². The summed E-state index contributed by atoms with van der Waals surface area (Å²) in [5, 5.41) is 0. The van der Waals surface area contributed by atoms with Gasteiger partial charge in [-0.05, 0) is 0 Å². The van der Waals surface area contributed by atoms with Crippen LogP contribution in [0.1, 0.15) is 84.0 Å². The van der Waals surface area contributed by atoms with Crippen LogP contribution in [0.5, 0.6) is 0 Å². The molecule has 2 heteroatoms. The fourth-order valence-corrected chi connectivity index (χ4v) is 5.88. The first-order valence-corrected chi connectivity index (χ1v) is 18.1. The fourth-order valence-electron chi connectivity index (χ4n) is 2.11. The van der Waals surface area contributed by atoms with Crippen molar-refractivity contribution in [3.8, 4) is 0 Å². The van der Waals surface area contributed by atoms with Crippen molar-refractivity contribution in [1.82, 2.24) is 0 Å². The van der Waals surface area contributed by atoms with Crippen molar-refractivity contribution in [1.29, 1.82) is 0 Å². The predicted octanol–water partition coefficient (Wildman–Crippen LogP) is 6.34. The van der Waals surface area contributed by atoms with Gasteiger partial charge in [-0.2, -0.15) is 0 Å². The third-order valence-corrected chi connectivity index (χ3v) is 8.57. The fraction of sp³-hybridized carbons (Fsp3) is 1.00. The first kappa shape index (κ1) is 17.2. The summed E-state index contributed by atoms with van der Waals surface area (Å²) in [5.74, 6) is 0. The molecule has 0 aromatic carbocycles. The molecule has 0 unspecified atom stereocenters. The van der Waals surface area contributed by atoms with Crippen molar-refractivity contribution < 1.29 is 23.3 Å². The van der Waals surface area contributed by atoms with E-state index in [0.29, 0.717) is 0 Å². The van der Waals surface area contributed by atoms with Crippen molar-refractivity contribution in [2.45, 2.75) is 87.9 Å². The van der Waals surface area contributed by atoms with Gasteiger partial charge in [0.2, 0.25) is 0 Å². The molecular formula is C14H29ClHg. The summed E-state index contributed by atoms with van der Waals surface area (Å²) in [6.07, 6.45) is 17.4. The van der Waals surface area contributed by atoms with E-state index in [1.54, 1.807) is 0 Å². The predicted molar refractivity (Wildman–Crippen MR) is 71.7 cm³/mol. The molecule has 0 aromatic rings. The Bertz CT molecular complexity index is 103. The second-order valence-electron chi connectivity index (χ2n) is 4.93. The Kier molecular flexibility index (Phi) is 17.5. The van der Waals surface area contributed by atoms with Crippen LogP contribution >= 0.6 is 8.25 Å². The first-order chi connectivity index (χ1) is 7.91. The summed E-state index contributed by atoms with van der Waals surface area (Å²) in [6.45, 7) is 2.29. The molecule has 0 amide bonds. The summed E-state index contributed by atoms with van der Waals surface area (Å²) in [6, 6.07) is 0. The van der Waals surface area contributed by atoms with Gasteiger partial charge in [-0.1, -0.05) is 13.3 Å². The van der Waals surface area contributed by atoms with Crippen molar-refractivity contribution in [2.75, 3.05) is 0 Å². The normalized spacial score (nSPS) is 10.4. The summed E-state index contributed by atoms with van der Waals surface area (Å²) in [5.41, 5.74) is 0. The molecule has 16 heavy (non-hydrogen) atoms. The van der Waals surface area contributed by atoms with Crippen molar-refractivity contribution in [2.24, 2.45) is 0 Å². The van der Waals surface area contributed by atoms with E-state index in [9.17, 15) is 0 Å². The number of halogens is 1. The van der Waals surface area contributed by atoms with Crippen LogP contribution in [0, 0.1) is 0 Å². The van der Waals surface area contributed by atoms with Crippen LogP contribution in [0.3, 0.4) is 0 Å². The van der Waals surface area contributed by atoms with E-state index in [4.69, 9.17) is 8.25 Å². The average molecular weight is 433 g/mol. The van der Waals surface area contributed by atoms with E-state index in [2.05, 4.69) is 6.92 Å². The minimum atomic E-state index is -0.782. The van der Waals surface area contributed by atoms with Gasteiger partial charge >= 0.3 is 106 Å². The zero-order valence-electron chi connectivity index (χ0n) is 11.3. The number of rotatable bonds is 13. The van der Waals surface area contributed by atoms with Gasteiger partial charge < -0.3 is 0 Å². The van der Waals surface area contributed by atoms with Gasteiger partial charge in [0.25, 0.3) is 0 Å². The molecule has 0 rings (SSSR count). The zero-order valence-corrected chi connectivity index (χ0v) is 17.5. The molecule has 94 valence electrons. The molecule has 0 heterocycles. The van der Waals surface area contributed by atoms with E-state index < -0.39 is 23.3 Å². The van der Waals surface area contributed by atoms with Gasteiger partial charge in [0.15, 0.2) is 0 Å². The Balaban J connectivity index is 2.83. The molecule has 0 nitrogen and oxygen atoms in total. The summed E-state index contributed by atoms with van der Waals surface area (Å²) in [4.78, 5) is 0. The molecule has 0 bridgehead atoms. The molecule has 0 N–H and O–H groups in total. The first-order valence-electron chi connectivity index (χ1n) is 7.47. The third-order valence-electron chi connectivity index (χ3n) is 3.24. The van der Waals surface area contributed by atoms with Crippen molar-refractivity contribution >= 4 is 8.25 Å². The molecule has 0 spiro atoms. The molecule has 0 radical (unpaired) electrons. The Morgan fingerprint density at radius 2 is 1.00 bits per heavy atom. The molecular weight excluding hydrogens is 404 g/mol. The molecule has 0 atom stereocenters. The number of hydrogen-bond acceptors (Lipinski definition) is 0. The molecule has 0 aliphatic carbocycles. The van der Waals surface area contributed by atoms with Gasteiger partial charge in [0, 0.05) is 0 Å². The summed E-state index contributed by atoms with van der Waals surface area (Å²) in [7, 11) is 5.86. The second-order valence-corrected chi connectivity index (χ2v) is 12.5. The van der Waals surface area contributed by atoms with E-state index in [1.165, 1.54) is 81.0 Å². The summed E-state index contributed by atoms with van der Waals surface area (Å²) >= 11 is -0.782. The quantitative estimate of drug-likeness (QED) is 0.235. The monoisotopic (exact) mass is 434 g/mol. The Morgan fingerprint density at radius 1 is 0.625 bits per heavy atom. The SMILES string of the molecule is CCCCCCCCCCCCC[CH2][Hg][Cl].